The lowest BCUT2D eigenvalue weighted by Gasteiger charge is -2.18. The number of aromatic nitrogens is 2. The Bertz CT molecular complexity index is 739. The van der Waals surface area contributed by atoms with Crippen LogP contribution in [0.15, 0.2) is 41.7 Å². The van der Waals surface area contributed by atoms with E-state index in [-0.39, 0.29) is 16.2 Å². The van der Waals surface area contributed by atoms with Gasteiger partial charge in [-0.1, -0.05) is 41.9 Å². The minimum atomic E-state index is -3.74. The van der Waals surface area contributed by atoms with Crippen LogP contribution < -0.4 is 4.72 Å². The fraction of sp³-hybridized carbons (Fsp3) is 0.357. The van der Waals surface area contributed by atoms with Crippen LogP contribution in [0.5, 0.6) is 0 Å². The third kappa shape index (κ3) is 2.97. The van der Waals surface area contributed by atoms with Crippen LogP contribution in [-0.4, -0.2) is 18.0 Å². The van der Waals surface area contributed by atoms with Crippen molar-refractivity contribution >= 4 is 21.6 Å². The maximum Gasteiger partial charge on any atom is 0.261 e. The average Bonchev–Trinajstić information content (AvgIpc) is 3.24. The Morgan fingerprint density at radius 2 is 2.00 bits per heavy atom. The summed E-state index contributed by atoms with van der Waals surface area (Å²) in [6.07, 6.45) is 3.45. The molecule has 1 aliphatic rings. The zero-order chi connectivity index (χ0) is 15.0. The molecule has 0 unspecified atom stereocenters. The number of sulfonamides is 1. The molecule has 1 saturated carbocycles. The van der Waals surface area contributed by atoms with E-state index in [0.717, 1.165) is 18.4 Å². The fourth-order valence-electron chi connectivity index (χ4n) is 2.32. The number of rotatable bonds is 5. The third-order valence-corrected chi connectivity index (χ3v) is 5.55. The van der Waals surface area contributed by atoms with Gasteiger partial charge in [0.05, 0.1) is 6.33 Å². The molecule has 1 N–H and O–H groups in total. The van der Waals surface area contributed by atoms with Gasteiger partial charge < -0.3 is 4.57 Å². The smallest absolute Gasteiger partial charge is 0.261 e. The van der Waals surface area contributed by atoms with Gasteiger partial charge in [-0.15, -0.1) is 0 Å². The molecule has 112 valence electrons. The van der Waals surface area contributed by atoms with Crippen LogP contribution in [0.1, 0.15) is 24.4 Å². The highest BCUT2D eigenvalue weighted by Gasteiger charge is 2.36. The highest BCUT2D eigenvalue weighted by Crippen LogP contribution is 2.41. The van der Waals surface area contributed by atoms with Gasteiger partial charge in [0.15, 0.2) is 0 Å². The van der Waals surface area contributed by atoms with E-state index in [1.165, 1.54) is 10.9 Å². The van der Waals surface area contributed by atoms with Crippen LogP contribution in [0, 0.1) is 5.92 Å². The van der Waals surface area contributed by atoms with E-state index in [1.807, 2.05) is 30.3 Å². The van der Waals surface area contributed by atoms with E-state index in [2.05, 4.69) is 9.71 Å². The first-order chi connectivity index (χ1) is 9.99. The normalized spacial score (nSPS) is 16.9. The van der Waals surface area contributed by atoms with Crippen molar-refractivity contribution in [2.24, 2.45) is 13.0 Å². The molecule has 1 fully saturated rings. The summed E-state index contributed by atoms with van der Waals surface area (Å²) in [4.78, 5) is 3.89. The topological polar surface area (TPSA) is 64.0 Å². The SMILES string of the molecule is Cn1cnc(S(=O)(=O)N[C@@H](c2ccccc2)C2CC2)c1Cl. The maximum atomic E-state index is 12.5. The second-order valence-corrected chi connectivity index (χ2v) is 7.29. The summed E-state index contributed by atoms with van der Waals surface area (Å²) in [6.45, 7) is 0. The number of hydrogen-bond acceptors (Lipinski definition) is 3. The molecular formula is C14H16ClN3O2S. The van der Waals surface area contributed by atoms with Crippen molar-refractivity contribution in [2.45, 2.75) is 23.9 Å². The van der Waals surface area contributed by atoms with Crippen LogP contribution >= 0.6 is 11.6 Å². The van der Waals surface area contributed by atoms with Crippen molar-refractivity contribution in [1.29, 1.82) is 0 Å². The second kappa shape index (κ2) is 5.44. The number of nitrogens with one attached hydrogen (secondary N) is 1. The minimum Gasteiger partial charge on any atom is -0.324 e. The van der Waals surface area contributed by atoms with Crippen LogP contribution in [0.3, 0.4) is 0 Å². The predicted octanol–water partition coefficient (Wildman–Crippen LogP) is 2.50. The van der Waals surface area contributed by atoms with Crippen LogP contribution in [-0.2, 0) is 17.1 Å². The second-order valence-electron chi connectivity index (χ2n) is 5.30. The first-order valence-corrected chi connectivity index (χ1v) is 8.59. The van der Waals surface area contributed by atoms with Crippen LogP contribution in [0.4, 0.5) is 0 Å². The monoisotopic (exact) mass is 325 g/mol. The Balaban J connectivity index is 1.91. The van der Waals surface area contributed by atoms with Crippen molar-refractivity contribution in [3.8, 4) is 0 Å². The van der Waals surface area contributed by atoms with E-state index >= 15 is 0 Å². The van der Waals surface area contributed by atoms with E-state index in [4.69, 9.17) is 11.6 Å². The molecule has 1 heterocycles. The van der Waals surface area contributed by atoms with E-state index in [0.29, 0.717) is 5.92 Å². The summed E-state index contributed by atoms with van der Waals surface area (Å²) < 4.78 is 29.3. The molecule has 0 radical (unpaired) electrons. The van der Waals surface area contributed by atoms with Gasteiger partial charge in [-0.3, -0.25) is 0 Å². The molecule has 5 nitrogen and oxygen atoms in total. The zero-order valence-corrected chi connectivity index (χ0v) is 13.1. The van der Waals surface area contributed by atoms with E-state index < -0.39 is 10.0 Å². The third-order valence-electron chi connectivity index (χ3n) is 3.62. The van der Waals surface area contributed by atoms with E-state index in [9.17, 15) is 8.42 Å². The van der Waals surface area contributed by atoms with Gasteiger partial charge in [-0.05, 0) is 24.3 Å². The molecule has 21 heavy (non-hydrogen) atoms. The zero-order valence-electron chi connectivity index (χ0n) is 11.5. The fourth-order valence-corrected chi connectivity index (χ4v) is 4.05. The summed E-state index contributed by atoms with van der Waals surface area (Å²) in [6, 6.07) is 9.38. The van der Waals surface area contributed by atoms with Crippen LogP contribution in [0.2, 0.25) is 5.15 Å². The van der Waals surface area contributed by atoms with Gasteiger partial charge in [0, 0.05) is 13.1 Å². The van der Waals surface area contributed by atoms with Gasteiger partial charge >= 0.3 is 0 Å². The number of aryl methyl sites for hydroxylation is 1. The Hall–Kier alpha value is -1.37. The molecule has 1 aromatic carbocycles. The summed E-state index contributed by atoms with van der Waals surface area (Å²) in [7, 11) is -2.08. The van der Waals surface area contributed by atoms with Crippen LogP contribution in [0.25, 0.3) is 0 Å². The molecule has 0 amide bonds. The molecule has 2 aromatic rings. The number of benzene rings is 1. The van der Waals surface area contributed by atoms with Crippen molar-refractivity contribution in [1.82, 2.24) is 14.3 Å². The molecular weight excluding hydrogens is 310 g/mol. The number of hydrogen-bond donors (Lipinski definition) is 1. The van der Waals surface area contributed by atoms with Crippen molar-refractivity contribution in [3.05, 3.63) is 47.4 Å². The Morgan fingerprint density at radius 1 is 1.33 bits per heavy atom. The molecule has 1 atom stereocenters. The Labute approximate surface area is 129 Å². The average molecular weight is 326 g/mol. The molecule has 3 rings (SSSR count). The lowest BCUT2D eigenvalue weighted by molar-refractivity contribution is 0.527. The first kappa shape index (κ1) is 14.6. The molecule has 7 heteroatoms. The first-order valence-electron chi connectivity index (χ1n) is 6.73. The van der Waals surface area contributed by atoms with Gasteiger partial charge in [0.1, 0.15) is 5.15 Å². The minimum absolute atomic E-state index is 0.116. The molecule has 1 aliphatic carbocycles. The van der Waals surface area contributed by atoms with Gasteiger partial charge in [0.2, 0.25) is 5.03 Å². The molecule has 1 aromatic heterocycles. The molecule has 0 saturated heterocycles. The van der Waals surface area contributed by atoms with E-state index in [1.54, 1.807) is 7.05 Å². The van der Waals surface area contributed by atoms with Gasteiger partial charge in [0.25, 0.3) is 10.0 Å². The number of imidazole rings is 1. The summed E-state index contributed by atoms with van der Waals surface area (Å²) in [5, 5.41) is -0.00152. The summed E-state index contributed by atoms with van der Waals surface area (Å²) in [5.74, 6) is 0.338. The Morgan fingerprint density at radius 3 is 2.52 bits per heavy atom. The number of nitrogens with zero attached hydrogens (tertiary/aromatic N) is 2. The summed E-state index contributed by atoms with van der Waals surface area (Å²) >= 11 is 6.00. The van der Waals surface area contributed by atoms with Gasteiger partial charge in [-0.25, -0.2) is 18.1 Å². The standard InChI is InChI=1S/C14H16ClN3O2S/c1-18-9-16-14(13(18)15)21(19,20)17-12(11-7-8-11)10-5-3-2-4-6-10/h2-6,9,11-12,17H,7-8H2,1H3/t12-/m0/s1. The number of halogens is 1. The highest BCUT2D eigenvalue weighted by atomic mass is 35.5. The van der Waals surface area contributed by atoms with Crippen molar-refractivity contribution in [3.63, 3.8) is 0 Å². The largest absolute Gasteiger partial charge is 0.324 e. The lowest BCUT2D eigenvalue weighted by Crippen LogP contribution is -2.30. The summed E-state index contributed by atoms with van der Waals surface area (Å²) in [5.41, 5.74) is 0.968. The molecule has 0 spiro atoms. The maximum absolute atomic E-state index is 12.5. The quantitative estimate of drug-likeness (QED) is 0.918. The van der Waals surface area contributed by atoms with Crippen molar-refractivity contribution in [2.75, 3.05) is 0 Å². The highest BCUT2D eigenvalue weighted by molar-refractivity contribution is 7.89. The predicted molar refractivity (Wildman–Crippen MR) is 80.4 cm³/mol. The molecule has 0 aliphatic heterocycles. The lowest BCUT2D eigenvalue weighted by atomic mass is 10.0. The molecule has 0 bridgehead atoms. The van der Waals surface area contributed by atoms with Gasteiger partial charge in [-0.2, -0.15) is 0 Å². The van der Waals surface area contributed by atoms with Crippen molar-refractivity contribution < 1.29 is 8.42 Å². The Kier molecular flexibility index (Phi) is 3.77.